The SMILES string of the molecule is [2H]c1nn[nH]c1C([2H])([2H])[2H]. The smallest absolute Gasteiger partial charge is 0.0880 e. The first-order chi connectivity index (χ1) is 4.52. The number of aromatic nitrogens is 3. The first kappa shape index (κ1) is 1.05. The molecule has 0 atom stereocenters. The van der Waals surface area contributed by atoms with Gasteiger partial charge < -0.3 is 0 Å². The Morgan fingerprint density at radius 3 is 3.67 bits per heavy atom. The topological polar surface area (TPSA) is 41.6 Å². The maximum Gasteiger partial charge on any atom is 0.0880 e. The molecule has 1 aromatic rings. The van der Waals surface area contributed by atoms with Gasteiger partial charge in [0, 0.05) is 4.11 Å². The van der Waals surface area contributed by atoms with E-state index >= 15 is 0 Å². The van der Waals surface area contributed by atoms with Crippen LogP contribution < -0.4 is 0 Å². The Bertz CT molecular complexity index is 226. The average Bonchev–Trinajstić information content (AvgIpc) is 2.11. The van der Waals surface area contributed by atoms with Gasteiger partial charge in [0.2, 0.25) is 0 Å². The lowest BCUT2D eigenvalue weighted by atomic mass is 10.6. The highest BCUT2D eigenvalue weighted by Gasteiger charge is 1.75. The van der Waals surface area contributed by atoms with E-state index in [0.717, 1.165) is 0 Å². The van der Waals surface area contributed by atoms with Crippen molar-refractivity contribution in [3.63, 3.8) is 0 Å². The molecule has 1 heterocycles. The number of hydrogen-bond acceptors (Lipinski definition) is 2. The number of aryl methyl sites for hydroxylation is 1. The van der Waals surface area contributed by atoms with Gasteiger partial charge in [-0.3, -0.25) is 5.10 Å². The Labute approximate surface area is 41.0 Å². The second kappa shape index (κ2) is 1.08. The van der Waals surface area contributed by atoms with Crippen LogP contribution in [-0.4, -0.2) is 15.4 Å². The van der Waals surface area contributed by atoms with Crippen LogP contribution in [-0.2, 0) is 0 Å². The number of aromatic amines is 1. The highest BCUT2D eigenvalue weighted by Crippen LogP contribution is 1.77. The van der Waals surface area contributed by atoms with Crippen molar-refractivity contribution in [1.82, 2.24) is 15.4 Å². The van der Waals surface area contributed by atoms with Crippen molar-refractivity contribution in [2.24, 2.45) is 0 Å². The van der Waals surface area contributed by atoms with Crippen molar-refractivity contribution < 1.29 is 5.48 Å². The number of H-pyrrole nitrogens is 1. The summed E-state index contributed by atoms with van der Waals surface area (Å²) >= 11 is 0. The Hall–Kier alpha value is -0.860. The molecule has 0 fully saturated rings. The molecule has 1 N–H and O–H groups in total. The molecule has 0 aliphatic carbocycles. The fourth-order valence-electron chi connectivity index (χ4n) is 0.175. The molecular weight excluding hydrogens is 78.1 g/mol. The van der Waals surface area contributed by atoms with Crippen LogP contribution in [0.4, 0.5) is 0 Å². The number of rotatable bonds is 0. The normalized spacial score (nSPS) is 20.7. The van der Waals surface area contributed by atoms with Crippen molar-refractivity contribution in [3.8, 4) is 0 Å². The van der Waals surface area contributed by atoms with Crippen LogP contribution in [0.2, 0.25) is 0 Å². The highest BCUT2D eigenvalue weighted by molar-refractivity contribution is 4.82. The lowest BCUT2D eigenvalue weighted by Crippen LogP contribution is -1.66. The van der Waals surface area contributed by atoms with Gasteiger partial charge in [0.25, 0.3) is 0 Å². The number of hydrogen-bond donors (Lipinski definition) is 1. The van der Waals surface area contributed by atoms with Crippen molar-refractivity contribution in [1.29, 1.82) is 0 Å². The van der Waals surface area contributed by atoms with Gasteiger partial charge in [0.05, 0.1) is 13.2 Å². The van der Waals surface area contributed by atoms with E-state index in [1.54, 1.807) is 0 Å². The van der Waals surface area contributed by atoms with Crippen LogP contribution in [0, 0.1) is 6.85 Å². The predicted molar refractivity (Wildman–Crippen MR) is 21.1 cm³/mol. The molecule has 3 heteroatoms. The van der Waals surface area contributed by atoms with Gasteiger partial charge in [-0.1, -0.05) is 5.21 Å². The zero-order valence-corrected chi connectivity index (χ0v) is 2.89. The fourth-order valence-corrected chi connectivity index (χ4v) is 0.175. The highest BCUT2D eigenvalue weighted by atomic mass is 15.3. The molecule has 6 heavy (non-hydrogen) atoms. The van der Waals surface area contributed by atoms with Gasteiger partial charge in [-0.2, -0.15) is 0 Å². The molecule has 1 aromatic heterocycles. The standard InChI is InChI=1S/C3H5N3/c1-3-2-4-6-5-3/h2H,1H3,(H,4,5,6)/i1D3,2D. The van der Waals surface area contributed by atoms with Crippen LogP contribution >= 0.6 is 0 Å². The van der Waals surface area contributed by atoms with E-state index < -0.39 is 6.85 Å². The zero-order valence-electron chi connectivity index (χ0n) is 6.89. The summed E-state index contributed by atoms with van der Waals surface area (Å²) in [5.41, 5.74) is -0.215. The molecule has 0 spiro atoms. The molecule has 0 aliphatic heterocycles. The molecule has 0 aromatic carbocycles. The minimum Gasteiger partial charge on any atom is -0.263 e. The summed E-state index contributed by atoms with van der Waals surface area (Å²) in [5.74, 6) is 0. The van der Waals surface area contributed by atoms with E-state index in [1.165, 1.54) is 0 Å². The van der Waals surface area contributed by atoms with Crippen molar-refractivity contribution in [2.45, 2.75) is 6.85 Å². The number of nitrogens with zero attached hydrogens (tertiary/aromatic N) is 2. The van der Waals surface area contributed by atoms with Crippen molar-refractivity contribution in [2.75, 3.05) is 0 Å². The molecule has 0 unspecified atom stereocenters. The fraction of sp³-hybridized carbons (Fsp3) is 0.333. The summed E-state index contributed by atoms with van der Waals surface area (Å²) in [6, 6.07) is 0. The summed E-state index contributed by atoms with van der Waals surface area (Å²) < 4.78 is 27.4. The number of nitrogens with one attached hydrogen (secondary N) is 1. The minimum atomic E-state index is -2.30. The van der Waals surface area contributed by atoms with Gasteiger partial charge in [-0.05, 0) is 6.85 Å². The second-order valence-electron chi connectivity index (χ2n) is 0.799. The van der Waals surface area contributed by atoms with Gasteiger partial charge in [-0.25, -0.2) is 0 Å². The summed E-state index contributed by atoms with van der Waals surface area (Å²) in [7, 11) is 0. The Morgan fingerprint density at radius 1 is 2.33 bits per heavy atom. The van der Waals surface area contributed by atoms with Crippen LogP contribution in [0.5, 0.6) is 0 Å². The molecule has 0 radical (unpaired) electrons. The maximum atomic E-state index is 6.94. The summed E-state index contributed by atoms with van der Waals surface area (Å²) in [6.07, 6.45) is -0.319. The molecule has 0 aliphatic rings. The molecule has 0 saturated carbocycles. The van der Waals surface area contributed by atoms with E-state index in [-0.39, 0.29) is 11.9 Å². The quantitative estimate of drug-likeness (QED) is 0.488. The van der Waals surface area contributed by atoms with Crippen LogP contribution in [0.25, 0.3) is 0 Å². The predicted octanol–water partition coefficient (Wildman–Crippen LogP) is 0.113. The van der Waals surface area contributed by atoms with Crippen molar-refractivity contribution >= 4 is 0 Å². The Balaban J connectivity index is 3.05. The first-order valence-electron chi connectivity index (χ1n) is 3.40. The van der Waals surface area contributed by atoms with E-state index in [1.807, 2.05) is 0 Å². The molecule has 3 nitrogen and oxygen atoms in total. The minimum absolute atomic E-state index is 0.215. The molecular formula is C3H5N3. The van der Waals surface area contributed by atoms with Crippen LogP contribution in [0.3, 0.4) is 0 Å². The monoisotopic (exact) mass is 87.1 g/mol. The third kappa shape index (κ3) is 0.381. The van der Waals surface area contributed by atoms with Crippen molar-refractivity contribution in [3.05, 3.63) is 11.9 Å². The zero-order chi connectivity index (χ0) is 7.78. The third-order valence-electron chi connectivity index (χ3n) is 0.374. The van der Waals surface area contributed by atoms with Crippen LogP contribution in [0.15, 0.2) is 6.17 Å². The van der Waals surface area contributed by atoms with E-state index in [0.29, 0.717) is 0 Å². The van der Waals surface area contributed by atoms with Crippen LogP contribution in [0.1, 0.15) is 11.2 Å². The second-order valence-corrected chi connectivity index (χ2v) is 0.799. The summed E-state index contributed by atoms with van der Waals surface area (Å²) in [6.45, 7) is -2.30. The van der Waals surface area contributed by atoms with E-state index in [2.05, 4.69) is 15.4 Å². The molecule has 0 amide bonds. The molecule has 32 valence electrons. The van der Waals surface area contributed by atoms with Gasteiger partial charge in [-0.15, -0.1) is 5.10 Å². The summed E-state index contributed by atoms with van der Waals surface area (Å²) in [4.78, 5) is 0. The average molecular weight is 87.1 g/mol. The van der Waals surface area contributed by atoms with Gasteiger partial charge in [0.15, 0.2) is 0 Å². The Kier molecular flexibility index (Phi) is 0.190. The van der Waals surface area contributed by atoms with E-state index in [4.69, 9.17) is 5.48 Å². The molecule has 1 rings (SSSR count). The van der Waals surface area contributed by atoms with E-state index in [9.17, 15) is 0 Å². The van der Waals surface area contributed by atoms with Gasteiger partial charge in [0.1, 0.15) is 0 Å². The van der Waals surface area contributed by atoms with Gasteiger partial charge >= 0.3 is 0 Å². The first-order valence-corrected chi connectivity index (χ1v) is 1.40. The molecule has 0 saturated heterocycles. The lowest BCUT2D eigenvalue weighted by molar-refractivity contribution is 0.928. The Morgan fingerprint density at radius 2 is 3.33 bits per heavy atom. The largest absolute Gasteiger partial charge is 0.263 e. The summed E-state index contributed by atoms with van der Waals surface area (Å²) in [5, 5.41) is 8.48. The maximum absolute atomic E-state index is 6.94. The molecule has 0 bridgehead atoms. The third-order valence-corrected chi connectivity index (χ3v) is 0.374. The lowest BCUT2D eigenvalue weighted by Gasteiger charge is -1.65.